The van der Waals surface area contributed by atoms with Crippen LogP contribution >= 0.6 is 0 Å². The van der Waals surface area contributed by atoms with Gasteiger partial charge in [-0.1, -0.05) is 0 Å². The van der Waals surface area contributed by atoms with E-state index in [1.165, 1.54) is 26.0 Å². The zero-order valence-electron chi connectivity index (χ0n) is 21.4. The Morgan fingerprint density at radius 3 is 2.39 bits per heavy atom. The molecule has 5 aliphatic rings. The van der Waals surface area contributed by atoms with Crippen molar-refractivity contribution in [3.63, 3.8) is 0 Å². The molecular formula is C27H32F3N5O3. The molecule has 3 aliphatic carbocycles. The topological polar surface area (TPSA) is 72.7 Å². The van der Waals surface area contributed by atoms with E-state index < -0.39 is 11.7 Å². The van der Waals surface area contributed by atoms with Crippen molar-refractivity contribution < 1.29 is 27.4 Å². The summed E-state index contributed by atoms with van der Waals surface area (Å²) in [5, 5.41) is 4.68. The fourth-order valence-electron chi connectivity index (χ4n) is 7.09. The van der Waals surface area contributed by atoms with E-state index >= 15 is 0 Å². The highest BCUT2D eigenvalue weighted by molar-refractivity contribution is 5.76. The fraction of sp³-hybridized carbons (Fsp3) is 0.667. The number of nitrogens with zero attached hydrogens (tertiary/aromatic N) is 5. The summed E-state index contributed by atoms with van der Waals surface area (Å²) in [7, 11) is 1.35. The third-order valence-electron chi connectivity index (χ3n) is 9.27. The molecule has 5 fully saturated rings. The van der Waals surface area contributed by atoms with Gasteiger partial charge in [0.1, 0.15) is 6.33 Å². The summed E-state index contributed by atoms with van der Waals surface area (Å²) in [6, 6.07) is 3.87. The molecule has 2 saturated heterocycles. The molecule has 3 saturated carbocycles. The number of urea groups is 1. The maximum absolute atomic E-state index is 13.2. The number of carbonyl (C=O) groups is 1. The van der Waals surface area contributed by atoms with Crippen LogP contribution in [0.25, 0.3) is 0 Å². The molecule has 7 rings (SSSR count). The van der Waals surface area contributed by atoms with Gasteiger partial charge in [-0.2, -0.15) is 18.3 Å². The summed E-state index contributed by atoms with van der Waals surface area (Å²) in [6.07, 6.45) is 3.44. The Labute approximate surface area is 219 Å². The van der Waals surface area contributed by atoms with Crippen LogP contribution in [-0.4, -0.2) is 70.0 Å². The van der Waals surface area contributed by atoms with Crippen molar-refractivity contribution in [2.45, 2.75) is 62.8 Å². The highest BCUT2D eigenvalue weighted by Crippen LogP contribution is 2.54. The molecule has 1 aromatic heterocycles. The first-order chi connectivity index (χ1) is 18.2. The Kier molecular flexibility index (Phi) is 5.39. The van der Waals surface area contributed by atoms with Crippen LogP contribution in [0.1, 0.15) is 61.9 Å². The van der Waals surface area contributed by atoms with Gasteiger partial charge in [-0.25, -0.2) is 14.5 Å². The molecule has 11 heteroatoms. The standard InChI is InChI=1S/C27H32F3N5O3/c1-37-23-8-19(27(28,29)30)4-5-22(23)38-21-6-17-11-33(12-18(17)7-21)25(36)34-13-26(14-34)9-20(10-26)35-15-31-24(32-35)16-2-3-16/h4-5,8,15-18,20-21H,2-3,6-7,9-14H2,1H3. The second-order valence-corrected chi connectivity index (χ2v) is 12.1. The van der Waals surface area contributed by atoms with Crippen LogP contribution in [0.5, 0.6) is 11.5 Å². The summed E-state index contributed by atoms with van der Waals surface area (Å²) < 4.78 is 52.4. The second-order valence-electron chi connectivity index (χ2n) is 12.1. The average molecular weight is 532 g/mol. The van der Waals surface area contributed by atoms with Gasteiger partial charge in [0.25, 0.3) is 0 Å². The molecule has 8 nitrogen and oxygen atoms in total. The minimum absolute atomic E-state index is 0.0887. The number of carbonyl (C=O) groups excluding carboxylic acids is 1. The van der Waals surface area contributed by atoms with E-state index in [2.05, 4.69) is 10.1 Å². The van der Waals surface area contributed by atoms with Gasteiger partial charge in [-0.3, -0.25) is 0 Å². The van der Waals surface area contributed by atoms with E-state index in [0.29, 0.717) is 42.6 Å². The minimum atomic E-state index is -4.43. The fourth-order valence-corrected chi connectivity index (χ4v) is 7.09. The lowest BCUT2D eigenvalue weighted by Gasteiger charge is -2.59. The first-order valence-electron chi connectivity index (χ1n) is 13.6. The molecule has 0 bridgehead atoms. The van der Waals surface area contributed by atoms with Crippen LogP contribution in [0.3, 0.4) is 0 Å². The maximum Gasteiger partial charge on any atom is 0.416 e. The number of ether oxygens (including phenoxy) is 2. The zero-order chi connectivity index (χ0) is 26.2. The third kappa shape index (κ3) is 4.18. The molecule has 2 aliphatic heterocycles. The largest absolute Gasteiger partial charge is 0.493 e. The molecule has 2 unspecified atom stereocenters. The van der Waals surface area contributed by atoms with Gasteiger partial charge in [0, 0.05) is 37.5 Å². The van der Waals surface area contributed by atoms with Crippen molar-refractivity contribution in [3.8, 4) is 11.5 Å². The first kappa shape index (κ1) is 24.1. The SMILES string of the molecule is COc1cc(C(F)(F)F)ccc1OC1CC2CN(C(=O)N3CC4(CC(n5cnc(C6CC6)n5)C4)C3)CC2C1. The predicted molar refractivity (Wildman–Crippen MR) is 130 cm³/mol. The third-order valence-corrected chi connectivity index (χ3v) is 9.27. The number of halogens is 3. The van der Waals surface area contributed by atoms with Crippen LogP contribution in [0, 0.1) is 17.3 Å². The number of fused-ring (bicyclic) bond motifs is 1. The highest BCUT2D eigenvalue weighted by atomic mass is 19.4. The molecule has 2 atom stereocenters. The van der Waals surface area contributed by atoms with Gasteiger partial charge in [0.2, 0.25) is 0 Å². The van der Waals surface area contributed by atoms with Gasteiger partial charge in [-0.15, -0.1) is 0 Å². The Morgan fingerprint density at radius 1 is 1.05 bits per heavy atom. The number of amides is 2. The number of likely N-dealkylation sites (tertiary alicyclic amines) is 2. The smallest absolute Gasteiger partial charge is 0.416 e. The van der Waals surface area contributed by atoms with Crippen LogP contribution in [0.15, 0.2) is 24.5 Å². The molecule has 2 aromatic rings. The quantitative estimate of drug-likeness (QED) is 0.558. The number of alkyl halides is 3. The van der Waals surface area contributed by atoms with E-state index in [4.69, 9.17) is 9.47 Å². The van der Waals surface area contributed by atoms with Crippen LogP contribution in [0.4, 0.5) is 18.0 Å². The molecule has 1 aromatic carbocycles. The van der Waals surface area contributed by atoms with Gasteiger partial charge in [0.05, 0.1) is 24.8 Å². The summed E-state index contributed by atoms with van der Waals surface area (Å²) in [5.41, 5.74) is -0.521. The number of hydrogen-bond donors (Lipinski definition) is 0. The zero-order valence-corrected chi connectivity index (χ0v) is 21.4. The molecule has 3 heterocycles. The van der Waals surface area contributed by atoms with Gasteiger partial charge < -0.3 is 19.3 Å². The summed E-state index contributed by atoms with van der Waals surface area (Å²) in [4.78, 5) is 21.6. The summed E-state index contributed by atoms with van der Waals surface area (Å²) >= 11 is 0. The van der Waals surface area contributed by atoms with Crippen LogP contribution < -0.4 is 9.47 Å². The van der Waals surface area contributed by atoms with Crippen LogP contribution in [0.2, 0.25) is 0 Å². The van der Waals surface area contributed by atoms with Gasteiger partial charge >= 0.3 is 12.2 Å². The number of benzene rings is 1. The average Bonchev–Trinajstić information content (AvgIpc) is 3.24. The van der Waals surface area contributed by atoms with Crippen molar-refractivity contribution in [2.75, 3.05) is 33.3 Å². The van der Waals surface area contributed by atoms with E-state index in [1.54, 1.807) is 0 Å². The van der Waals surface area contributed by atoms with E-state index in [0.717, 1.165) is 56.7 Å². The molecular weight excluding hydrogens is 499 g/mol. The summed E-state index contributed by atoms with van der Waals surface area (Å²) in [5.74, 6) is 2.67. The van der Waals surface area contributed by atoms with Gasteiger partial charge in [-0.05, 0) is 68.6 Å². The van der Waals surface area contributed by atoms with Crippen molar-refractivity contribution in [1.82, 2.24) is 24.6 Å². The number of rotatable bonds is 5. The van der Waals surface area contributed by atoms with Crippen molar-refractivity contribution in [3.05, 3.63) is 35.9 Å². The first-order valence-corrected chi connectivity index (χ1v) is 13.6. The Bertz CT molecular complexity index is 1220. The van der Waals surface area contributed by atoms with Crippen molar-refractivity contribution in [1.29, 1.82) is 0 Å². The molecule has 38 heavy (non-hydrogen) atoms. The van der Waals surface area contributed by atoms with Crippen molar-refractivity contribution >= 4 is 6.03 Å². The van der Waals surface area contributed by atoms with E-state index in [9.17, 15) is 18.0 Å². The lowest BCUT2D eigenvalue weighted by molar-refractivity contribution is -0.137. The van der Waals surface area contributed by atoms with E-state index in [1.807, 2.05) is 20.8 Å². The van der Waals surface area contributed by atoms with E-state index in [-0.39, 0.29) is 23.3 Å². The molecule has 0 N–H and O–H groups in total. The van der Waals surface area contributed by atoms with Crippen LogP contribution in [-0.2, 0) is 6.18 Å². The Hall–Kier alpha value is -2.98. The molecule has 0 radical (unpaired) electrons. The number of aromatic nitrogens is 3. The Morgan fingerprint density at radius 2 is 1.76 bits per heavy atom. The molecule has 1 spiro atoms. The minimum Gasteiger partial charge on any atom is -0.493 e. The molecule has 2 amide bonds. The van der Waals surface area contributed by atoms with Crippen molar-refractivity contribution in [2.24, 2.45) is 17.3 Å². The van der Waals surface area contributed by atoms with Gasteiger partial charge in [0.15, 0.2) is 17.3 Å². The lowest BCUT2D eigenvalue weighted by Crippen LogP contribution is -2.65. The second kappa shape index (κ2) is 8.51. The number of methoxy groups -OCH3 is 1. The Balaban J connectivity index is 0.886. The molecule has 204 valence electrons. The normalized spacial score (nSPS) is 28.3. The maximum atomic E-state index is 13.2. The monoisotopic (exact) mass is 531 g/mol. The summed E-state index contributed by atoms with van der Waals surface area (Å²) in [6.45, 7) is 3.06. The highest BCUT2D eigenvalue weighted by Gasteiger charge is 2.56. The predicted octanol–water partition coefficient (Wildman–Crippen LogP) is 4.73. The lowest BCUT2D eigenvalue weighted by atomic mass is 9.61. The number of hydrogen-bond acceptors (Lipinski definition) is 5.